The number of para-hydroxylation sites is 1. The number of pyridine rings is 1. The Bertz CT molecular complexity index is 1310. The molecule has 1 heterocycles. The van der Waals surface area contributed by atoms with Gasteiger partial charge in [0.15, 0.2) is 0 Å². The molecule has 0 aliphatic heterocycles. The highest BCUT2D eigenvalue weighted by molar-refractivity contribution is 5.89. The Hall–Kier alpha value is -3.71. The lowest BCUT2D eigenvalue weighted by atomic mass is 9.89. The number of carbonyl (C=O) groups excluding carboxylic acids is 2. The van der Waals surface area contributed by atoms with Gasteiger partial charge in [-0.25, -0.2) is 14.6 Å². The molecule has 0 spiro atoms. The zero-order valence-corrected chi connectivity index (χ0v) is 25.0. The van der Waals surface area contributed by atoms with E-state index in [0.717, 1.165) is 93.3 Å². The Balaban J connectivity index is 1.49. The molecule has 2 aromatic carbocycles. The smallest absolute Gasteiger partial charge is 0.356 e. The van der Waals surface area contributed by atoms with Crippen LogP contribution in [0.5, 0.6) is 5.75 Å². The van der Waals surface area contributed by atoms with E-state index in [1.807, 2.05) is 42.5 Å². The summed E-state index contributed by atoms with van der Waals surface area (Å²) in [5.41, 5.74) is 5.14. The molecule has 4 rings (SSSR count). The van der Waals surface area contributed by atoms with Crippen molar-refractivity contribution < 1.29 is 24.2 Å². The highest BCUT2D eigenvalue weighted by Crippen LogP contribution is 2.34. The third-order valence-corrected chi connectivity index (χ3v) is 7.91. The number of hydrogen-bond donors (Lipinski definition) is 1. The Morgan fingerprint density at radius 1 is 0.881 bits per heavy atom. The van der Waals surface area contributed by atoms with Crippen molar-refractivity contribution in [3.63, 3.8) is 0 Å². The number of phenolic OH excluding ortho intramolecular Hbond substituents is 1. The summed E-state index contributed by atoms with van der Waals surface area (Å²) in [6.07, 6.45) is 8.02. The second kappa shape index (κ2) is 16.1. The van der Waals surface area contributed by atoms with Crippen molar-refractivity contribution in [1.82, 2.24) is 9.88 Å². The molecule has 0 radical (unpaired) electrons. The van der Waals surface area contributed by atoms with Gasteiger partial charge in [0, 0.05) is 24.8 Å². The number of phenols is 1. The van der Waals surface area contributed by atoms with Crippen LogP contribution in [0.1, 0.15) is 102 Å². The number of aromatic nitrogens is 1. The predicted molar refractivity (Wildman–Crippen MR) is 164 cm³/mol. The van der Waals surface area contributed by atoms with Gasteiger partial charge in [0.25, 0.3) is 0 Å². The van der Waals surface area contributed by atoms with Crippen molar-refractivity contribution in [3.8, 4) is 5.75 Å². The summed E-state index contributed by atoms with van der Waals surface area (Å²) in [5, 5.41) is 10.4. The van der Waals surface area contributed by atoms with Crippen LogP contribution in [0.25, 0.3) is 0 Å². The minimum absolute atomic E-state index is 0.157. The van der Waals surface area contributed by atoms with E-state index in [4.69, 9.17) is 14.5 Å². The quantitative estimate of drug-likeness (QED) is 0.157. The van der Waals surface area contributed by atoms with Crippen molar-refractivity contribution in [2.24, 2.45) is 0 Å². The number of hydrogen-bond acceptors (Lipinski definition) is 7. The SMILES string of the molecule is CCCCOC(=O)c1ccc(CCN(CCc2ccccc2O)[C@H]2CCCc3nc(C(=O)OCCCC)ccc32)cc1. The van der Waals surface area contributed by atoms with Gasteiger partial charge in [0.2, 0.25) is 0 Å². The first-order valence-corrected chi connectivity index (χ1v) is 15.4. The largest absolute Gasteiger partial charge is 0.508 e. The Morgan fingerprint density at radius 3 is 2.29 bits per heavy atom. The molecule has 0 unspecified atom stereocenters. The van der Waals surface area contributed by atoms with Crippen molar-refractivity contribution in [3.05, 3.63) is 94.3 Å². The number of rotatable bonds is 15. The fourth-order valence-electron chi connectivity index (χ4n) is 5.39. The number of fused-ring (bicyclic) bond motifs is 1. The molecule has 7 nitrogen and oxygen atoms in total. The lowest BCUT2D eigenvalue weighted by Gasteiger charge is -2.36. The molecule has 0 fully saturated rings. The van der Waals surface area contributed by atoms with Crippen LogP contribution in [0.3, 0.4) is 0 Å². The maximum absolute atomic E-state index is 12.6. The standard InChI is InChI=1S/C35H44N2O5/c1-3-5-24-41-34(39)28-16-14-26(15-17-28)20-22-37(23-21-27-10-7-8-13-33(27)38)32-12-9-11-30-29(32)18-19-31(36-30)35(40)42-25-6-4-2/h7-8,10,13-19,32,38H,3-6,9,11-12,20-25H2,1-2H3/t32-/m0/s1. The first kappa shape index (κ1) is 31.2. The fraction of sp³-hybridized carbons (Fsp3) is 0.457. The lowest BCUT2D eigenvalue weighted by Crippen LogP contribution is -2.35. The van der Waals surface area contributed by atoms with E-state index < -0.39 is 0 Å². The van der Waals surface area contributed by atoms with Crippen molar-refractivity contribution in [2.45, 2.75) is 77.7 Å². The summed E-state index contributed by atoms with van der Waals surface area (Å²) >= 11 is 0. The van der Waals surface area contributed by atoms with Gasteiger partial charge < -0.3 is 14.6 Å². The molecule has 0 bridgehead atoms. The molecule has 1 aromatic heterocycles. The van der Waals surface area contributed by atoms with Gasteiger partial charge in [-0.05, 0) is 85.9 Å². The van der Waals surface area contributed by atoms with Crippen LogP contribution in [-0.4, -0.2) is 53.2 Å². The number of aromatic hydroxyl groups is 1. The highest BCUT2D eigenvalue weighted by Gasteiger charge is 2.28. The fourth-order valence-corrected chi connectivity index (χ4v) is 5.39. The van der Waals surface area contributed by atoms with Crippen LogP contribution in [0.4, 0.5) is 0 Å². The molecule has 0 saturated carbocycles. The van der Waals surface area contributed by atoms with Gasteiger partial charge in [0.05, 0.1) is 18.8 Å². The summed E-state index contributed by atoms with van der Waals surface area (Å²) < 4.78 is 10.8. The number of carbonyl (C=O) groups is 2. The Labute approximate surface area is 249 Å². The summed E-state index contributed by atoms with van der Waals surface area (Å²) in [5.74, 6) is -0.322. The van der Waals surface area contributed by atoms with E-state index in [1.54, 1.807) is 12.1 Å². The molecule has 3 aromatic rings. The van der Waals surface area contributed by atoms with E-state index in [1.165, 1.54) is 0 Å². The van der Waals surface area contributed by atoms with Crippen LogP contribution in [0.2, 0.25) is 0 Å². The Morgan fingerprint density at radius 2 is 1.57 bits per heavy atom. The maximum atomic E-state index is 12.6. The monoisotopic (exact) mass is 572 g/mol. The van der Waals surface area contributed by atoms with E-state index in [2.05, 4.69) is 24.8 Å². The summed E-state index contributed by atoms with van der Waals surface area (Å²) in [6.45, 7) is 6.57. The van der Waals surface area contributed by atoms with Gasteiger partial charge >= 0.3 is 11.9 Å². The average molecular weight is 573 g/mol. The van der Waals surface area contributed by atoms with Crippen LogP contribution < -0.4 is 0 Å². The average Bonchev–Trinajstić information content (AvgIpc) is 3.02. The first-order valence-electron chi connectivity index (χ1n) is 15.4. The molecule has 1 aliphatic carbocycles. The van der Waals surface area contributed by atoms with E-state index in [0.29, 0.717) is 30.2 Å². The van der Waals surface area contributed by atoms with Crippen LogP contribution in [0, 0.1) is 0 Å². The molecule has 7 heteroatoms. The van der Waals surface area contributed by atoms with Crippen LogP contribution >= 0.6 is 0 Å². The maximum Gasteiger partial charge on any atom is 0.356 e. The number of unbranched alkanes of at least 4 members (excludes halogenated alkanes) is 2. The zero-order chi connectivity index (χ0) is 29.7. The summed E-state index contributed by atoms with van der Waals surface area (Å²) in [4.78, 5) is 32.1. The van der Waals surface area contributed by atoms with Gasteiger partial charge in [-0.3, -0.25) is 4.90 Å². The van der Waals surface area contributed by atoms with Gasteiger partial charge in [-0.15, -0.1) is 0 Å². The summed E-state index contributed by atoms with van der Waals surface area (Å²) in [6, 6.07) is 19.2. The molecular weight excluding hydrogens is 528 g/mol. The second-order valence-electron chi connectivity index (χ2n) is 11.0. The van der Waals surface area contributed by atoms with Crippen LogP contribution in [-0.2, 0) is 28.7 Å². The van der Waals surface area contributed by atoms with Gasteiger partial charge in [-0.2, -0.15) is 0 Å². The molecule has 1 atom stereocenters. The number of benzene rings is 2. The molecule has 1 N–H and O–H groups in total. The summed E-state index contributed by atoms with van der Waals surface area (Å²) in [7, 11) is 0. The number of ether oxygens (including phenoxy) is 2. The van der Waals surface area contributed by atoms with Crippen molar-refractivity contribution in [1.29, 1.82) is 0 Å². The van der Waals surface area contributed by atoms with E-state index in [9.17, 15) is 14.7 Å². The molecule has 42 heavy (non-hydrogen) atoms. The number of esters is 2. The molecule has 0 amide bonds. The van der Waals surface area contributed by atoms with E-state index in [-0.39, 0.29) is 18.0 Å². The topological polar surface area (TPSA) is 89.0 Å². The molecule has 1 aliphatic rings. The highest BCUT2D eigenvalue weighted by atomic mass is 16.5. The van der Waals surface area contributed by atoms with Crippen LogP contribution in [0.15, 0.2) is 60.7 Å². The van der Waals surface area contributed by atoms with Crippen molar-refractivity contribution >= 4 is 11.9 Å². The predicted octanol–water partition coefficient (Wildman–Crippen LogP) is 6.87. The van der Waals surface area contributed by atoms with Crippen molar-refractivity contribution in [2.75, 3.05) is 26.3 Å². The third-order valence-electron chi connectivity index (χ3n) is 7.91. The van der Waals surface area contributed by atoms with E-state index >= 15 is 0 Å². The lowest BCUT2D eigenvalue weighted by molar-refractivity contribution is 0.0486. The van der Waals surface area contributed by atoms with Gasteiger partial charge in [0.1, 0.15) is 11.4 Å². The van der Waals surface area contributed by atoms with Gasteiger partial charge in [-0.1, -0.05) is 63.1 Å². The first-order chi connectivity index (χ1) is 20.5. The zero-order valence-electron chi connectivity index (χ0n) is 25.0. The number of aryl methyl sites for hydroxylation is 1. The third kappa shape index (κ3) is 8.65. The minimum Gasteiger partial charge on any atom is -0.508 e. The Kier molecular flexibility index (Phi) is 11.9. The minimum atomic E-state index is -0.359. The molecular formula is C35H44N2O5. The second-order valence-corrected chi connectivity index (χ2v) is 11.0. The normalized spacial score (nSPS) is 14.4. The molecule has 224 valence electrons. The molecule has 0 saturated heterocycles. The number of nitrogens with zero attached hydrogens (tertiary/aromatic N) is 2.